The largest absolute Gasteiger partial charge is 0.389 e. The molecule has 3 unspecified atom stereocenters. The average molecular weight is 312 g/mol. The molecule has 1 aliphatic rings. The maximum atomic E-state index is 9.62. The monoisotopic (exact) mass is 311 g/mol. The zero-order chi connectivity index (χ0) is 13.3. The van der Waals surface area contributed by atoms with E-state index < -0.39 is 6.10 Å². The molecule has 0 amide bonds. The van der Waals surface area contributed by atoms with E-state index in [-0.39, 0.29) is 0 Å². The number of rotatable bonds is 3. The fourth-order valence-corrected chi connectivity index (χ4v) is 3.50. The first-order valence-electron chi connectivity index (χ1n) is 6.80. The van der Waals surface area contributed by atoms with Crippen LogP contribution in [0.1, 0.15) is 51.7 Å². The number of nitrogens with zero attached hydrogens (tertiary/aromatic N) is 1. The summed E-state index contributed by atoms with van der Waals surface area (Å²) in [4.78, 5) is 2.52. The molecule has 1 heterocycles. The summed E-state index contributed by atoms with van der Waals surface area (Å²) in [5.74, 6) is 0. The second kappa shape index (κ2) is 5.62. The minimum atomic E-state index is -0.409. The summed E-state index contributed by atoms with van der Waals surface area (Å²) in [7, 11) is 0. The number of hydrogen-bond acceptors (Lipinski definition) is 2. The van der Waals surface area contributed by atoms with Gasteiger partial charge in [0.05, 0.1) is 11.8 Å². The first-order valence-corrected chi connectivity index (χ1v) is 7.59. The third-order valence-electron chi connectivity index (χ3n) is 3.99. The zero-order valence-electron chi connectivity index (χ0n) is 11.4. The number of benzene rings is 1. The van der Waals surface area contributed by atoms with Crippen molar-refractivity contribution in [3.63, 3.8) is 0 Å². The van der Waals surface area contributed by atoms with Crippen molar-refractivity contribution in [2.45, 2.75) is 58.2 Å². The van der Waals surface area contributed by atoms with Crippen LogP contribution in [0.15, 0.2) is 22.7 Å². The molecule has 1 saturated heterocycles. The van der Waals surface area contributed by atoms with Gasteiger partial charge in [-0.3, -0.25) is 0 Å². The normalized spacial score (nSPS) is 25.5. The molecule has 100 valence electrons. The van der Waals surface area contributed by atoms with Gasteiger partial charge in [0.2, 0.25) is 0 Å². The van der Waals surface area contributed by atoms with Crippen molar-refractivity contribution in [3.05, 3.63) is 28.2 Å². The van der Waals surface area contributed by atoms with Crippen LogP contribution in [0.3, 0.4) is 0 Å². The van der Waals surface area contributed by atoms with E-state index >= 15 is 0 Å². The van der Waals surface area contributed by atoms with Crippen LogP contribution in [-0.4, -0.2) is 17.2 Å². The first-order chi connectivity index (χ1) is 8.54. The SMILES string of the molecule is CCC1CCC(C)N1c1ccc(C(C)O)cc1Br. The van der Waals surface area contributed by atoms with Crippen molar-refractivity contribution in [1.82, 2.24) is 0 Å². The quantitative estimate of drug-likeness (QED) is 0.901. The van der Waals surface area contributed by atoms with Gasteiger partial charge in [-0.25, -0.2) is 0 Å². The number of halogens is 1. The lowest BCUT2D eigenvalue weighted by atomic mass is 10.1. The van der Waals surface area contributed by atoms with E-state index in [1.54, 1.807) is 6.92 Å². The summed E-state index contributed by atoms with van der Waals surface area (Å²) in [6.07, 6.45) is 3.33. The Morgan fingerprint density at radius 1 is 1.44 bits per heavy atom. The van der Waals surface area contributed by atoms with Crippen LogP contribution in [0.2, 0.25) is 0 Å². The second-order valence-electron chi connectivity index (χ2n) is 5.28. The molecule has 0 spiro atoms. The van der Waals surface area contributed by atoms with Gasteiger partial charge in [-0.15, -0.1) is 0 Å². The predicted octanol–water partition coefficient (Wildman–Crippen LogP) is 4.27. The van der Waals surface area contributed by atoms with E-state index in [0.717, 1.165) is 10.0 Å². The fraction of sp³-hybridized carbons (Fsp3) is 0.600. The second-order valence-corrected chi connectivity index (χ2v) is 6.14. The van der Waals surface area contributed by atoms with E-state index in [9.17, 15) is 5.11 Å². The Balaban J connectivity index is 2.33. The zero-order valence-corrected chi connectivity index (χ0v) is 12.9. The maximum absolute atomic E-state index is 9.62. The number of aliphatic hydroxyl groups is 1. The highest BCUT2D eigenvalue weighted by Gasteiger charge is 2.30. The molecule has 1 aromatic rings. The van der Waals surface area contributed by atoms with E-state index in [1.807, 2.05) is 12.1 Å². The number of anilines is 1. The third kappa shape index (κ3) is 2.57. The highest BCUT2D eigenvalue weighted by molar-refractivity contribution is 9.10. The van der Waals surface area contributed by atoms with Gasteiger partial charge in [0.25, 0.3) is 0 Å². The lowest BCUT2D eigenvalue weighted by molar-refractivity contribution is 0.199. The van der Waals surface area contributed by atoms with Gasteiger partial charge in [-0.1, -0.05) is 13.0 Å². The van der Waals surface area contributed by atoms with Crippen molar-refractivity contribution in [1.29, 1.82) is 0 Å². The predicted molar refractivity (Wildman–Crippen MR) is 80.0 cm³/mol. The standard InChI is InChI=1S/C15H22BrNO/c1-4-13-7-5-10(2)17(13)15-8-6-12(11(3)18)9-14(15)16/h6,8-11,13,18H,4-5,7H2,1-3H3. The van der Waals surface area contributed by atoms with Crippen LogP contribution in [0.5, 0.6) is 0 Å². The lowest BCUT2D eigenvalue weighted by Gasteiger charge is -2.31. The van der Waals surface area contributed by atoms with Gasteiger partial charge in [0.15, 0.2) is 0 Å². The van der Waals surface area contributed by atoms with Crippen molar-refractivity contribution in [2.75, 3.05) is 4.90 Å². The Kier molecular flexibility index (Phi) is 4.33. The smallest absolute Gasteiger partial charge is 0.0762 e. The molecule has 0 aromatic heterocycles. The van der Waals surface area contributed by atoms with Gasteiger partial charge in [-0.2, -0.15) is 0 Å². The van der Waals surface area contributed by atoms with Crippen molar-refractivity contribution >= 4 is 21.6 Å². The molecule has 1 N–H and O–H groups in total. The molecule has 0 radical (unpaired) electrons. The fourth-order valence-electron chi connectivity index (χ4n) is 2.90. The maximum Gasteiger partial charge on any atom is 0.0762 e. The minimum absolute atomic E-state index is 0.409. The molecule has 1 aliphatic heterocycles. The van der Waals surface area contributed by atoms with Gasteiger partial charge in [0, 0.05) is 16.6 Å². The molecule has 2 rings (SSSR count). The summed E-state index contributed by atoms with van der Waals surface area (Å²) >= 11 is 3.66. The van der Waals surface area contributed by atoms with Gasteiger partial charge in [0.1, 0.15) is 0 Å². The lowest BCUT2D eigenvalue weighted by Crippen LogP contribution is -2.34. The first kappa shape index (κ1) is 13.9. The average Bonchev–Trinajstić information content (AvgIpc) is 2.70. The molecule has 3 heteroatoms. The third-order valence-corrected chi connectivity index (χ3v) is 4.62. The number of hydrogen-bond donors (Lipinski definition) is 1. The van der Waals surface area contributed by atoms with Crippen LogP contribution >= 0.6 is 15.9 Å². The van der Waals surface area contributed by atoms with Crippen molar-refractivity contribution < 1.29 is 5.11 Å². The van der Waals surface area contributed by atoms with E-state index in [1.165, 1.54) is 24.9 Å². The molecule has 0 bridgehead atoms. The molecule has 1 aromatic carbocycles. The highest BCUT2D eigenvalue weighted by atomic mass is 79.9. The van der Waals surface area contributed by atoms with Gasteiger partial charge >= 0.3 is 0 Å². The minimum Gasteiger partial charge on any atom is -0.389 e. The van der Waals surface area contributed by atoms with Crippen molar-refractivity contribution in [2.24, 2.45) is 0 Å². The molecule has 2 nitrogen and oxygen atoms in total. The Hall–Kier alpha value is -0.540. The van der Waals surface area contributed by atoms with Crippen LogP contribution in [0.25, 0.3) is 0 Å². The number of aliphatic hydroxyl groups excluding tert-OH is 1. The molecule has 18 heavy (non-hydrogen) atoms. The molecule has 3 atom stereocenters. The van der Waals surface area contributed by atoms with E-state index in [2.05, 4.69) is 40.7 Å². The summed E-state index contributed by atoms with van der Waals surface area (Å²) < 4.78 is 1.09. The summed E-state index contributed by atoms with van der Waals surface area (Å²) in [6.45, 7) is 6.35. The highest BCUT2D eigenvalue weighted by Crippen LogP contribution is 2.37. The van der Waals surface area contributed by atoms with Crippen LogP contribution in [0.4, 0.5) is 5.69 Å². The van der Waals surface area contributed by atoms with Crippen LogP contribution < -0.4 is 4.90 Å². The topological polar surface area (TPSA) is 23.5 Å². The molecular weight excluding hydrogens is 290 g/mol. The Bertz CT molecular complexity index is 419. The van der Waals surface area contributed by atoms with E-state index in [4.69, 9.17) is 0 Å². The van der Waals surface area contributed by atoms with Gasteiger partial charge < -0.3 is 10.0 Å². The van der Waals surface area contributed by atoms with Crippen LogP contribution in [-0.2, 0) is 0 Å². The molecule has 0 saturated carbocycles. The van der Waals surface area contributed by atoms with Crippen LogP contribution in [0, 0.1) is 0 Å². The summed E-state index contributed by atoms with van der Waals surface area (Å²) in [5, 5.41) is 9.62. The molecule has 1 fully saturated rings. The van der Waals surface area contributed by atoms with E-state index in [0.29, 0.717) is 12.1 Å². The molecule has 0 aliphatic carbocycles. The van der Waals surface area contributed by atoms with Crippen molar-refractivity contribution in [3.8, 4) is 0 Å². The van der Waals surface area contributed by atoms with Gasteiger partial charge in [-0.05, 0) is 66.7 Å². The summed E-state index contributed by atoms with van der Waals surface area (Å²) in [6, 6.07) is 7.45. The summed E-state index contributed by atoms with van der Waals surface area (Å²) in [5.41, 5.74) is 2.22. The molecular formula is C15H22BrNO. The Labute approximate surface area is 118 Å². The Morgan fingerprint density at radius 3 is 2.72 bits per heavy atom. The Morgan fingerprint density at radius 2 is 2.17 bits per heavy atom.